The first kappa shape index (κ1) is 16.5. The molecule has 3 aromatic rings. The van der Waals surface area contributed by atoms with E-state index in [4.69, 9.17) is 20.9 Å². The van der Waals surface area contributed by atoms with Gasteiger partial charge in [0.1, 0.15) is 11.4 Å². The first-order chi connectivity index (χ1) is 12.7. The molecule has 1 aliphatic heterocycles. The van der Waals surface area contributed by atoms with Gasteiger partial charge in [0.25, 0.3) is 5.91 Å². The third-order valence-electron chi connectivity index (χ3n) is 4.10. The van der Waals surface area contributed by atoms with Gasteiger partial charge in [0.15, 0.2) is 6.61 Å². The molecule has 0 atom stereocenters. The Kier molecular flexibility index (Phi) is 4.53. The minimum Gasteiger partial charge on any atom is -0.484 e. The van der Waals surface area contributed by atoms with Crippen LogP contribution in [0.4, 0.5) is 0 Å². The number of carbonyl (C=O) groups excluding carboxylic acids is 1. The number of ether oxygens (including phenoxy) is 1. The number of hydrogen-bond donors (Lipinski definition) is 0. The van der Waals surface area contributed by atoms with E-state index in [1.807, 2.05) is 18.2 Å². The van der Waals surface area contributed by atoms with Crippen LogP contribution in [0.2, 0.25) is 5.02 Å². The Hall–Kier alpha value is -2.93. The predicted molar refractivity (Wildman–Crippen MR) is 93.8 cm³/mol. The first-order valence-corrected chi connectivity index (χ1v) is 8.48. The lowest BCUT2D eigenvalue weighted by Gasteiger charge is -2.36. The maximum absolute atomic E-state index is 12.2. The molecule has 4 rings (SSSR count). The number of rotatable bonds is 5. The zero-order chi connectivity index (χ0) is 17.9. The summed E-state index contributed by atoms with van der Waals surface area (Å²) < 4.78 is 10.8. The van der Waals surface area contributed by atoms with Crippen molar-refractivity contribution in [2.45, 2.75) is 5.92 Å². The number of hydrogen-bond acceptors (Lipinski definition) is 6. The summed E-state index contributed by atoms with van der Waals surface area (Å²) in [7, 11) is 0. The molecule has 1 aliphatic rings. The maximum atomic E-state index is 12.2. The van der Waals surface area contributed by atoms with Crippen LogP contribution in [-0.4, -0.2) is 45.6 Å². The molecule has 1 aromatic carbocycles. The van der Waals surface area contributed by atoms with E-state index < -0.39 is 0 Å². The van der Waals surface area contributed by atoms with Gasteiger partial charge in [-0.25, -0.2) is 0 Å². The van der Waals surface area contributed by atoms with Crippen molar-refractivity contribution in [2.75, 3.05) is 19.7 Å². The number of likely N-dealkylation sites (tertiary alicyclic amines) is 1. The Morgan fingerprint density at radius 3 is 2.77 bits per heavy atom. The number of aromatic nitrogens is 3. The molecule has 0 spiro atoms. The number of pyridine rings is 1. The minimum absolute atomic E-state index is 0.0165. The van der Waals surface area contributed by atoms with E-state index in [-0.39, 0.29) is 18.4 Å². The summed E-state index contributed by atoms with van der Waals surface area (Å²) >= 11 is 5.82. The molecule has 0 bridgehead atoms. The average molecular weight is 371 g/mol. The lowest BCUT2D eigenvalue weighted by Crippen LogP contribution is -2.50. The fraction of sp³-hybridized carbons (Fsp3) is 0.222. The number of carbonyl (C=O) groups is 1. The zero-order valence-electron chi connectivity index (χ0n) is 13.7. The van der Waals surface area contributed by atoms with E-state index in [2.05, 4.69) is 15.1 Å². The van der Waals surface area contributed by atoms with Crippen molar-refractivity contribution in [3.63, 3.8) is 0 Å². The highest BCUT2D eigenvalue weighted by Crippen LogP contribution is 2.27. The highest BCUT2D eigenvalue weighted by Gasteiger charge is 2.35. The quantitative estimate of drug-likeness (QED) is 0.687. The van der Waals surface area contributed by atoms with Gasteiger partial charge in [-0.2, -0.15) is 4.98 Å². The molecule has 8 heteroatoms. The van der Waals surface area contributed by atoms with Crippen molar-refractivity contribution in [3.05, 3.63) is 59.6 Å². The molecule has 2 aromatic heterocycles. The lowest BCUT2D eigenvalue weighted by molar-refractivity contribution is -0.138. The van der Waals surface area contributed by atoms with Crippen molar-refractivity contribution in [2.24, 2.45) is 0 Å². The van der Waals surface area contributed by atoms with Crippen molar-refractivity contribution < 1.29 is 14.1 Å². The summed E-state index contributed by atoms with van der Waals surface area (Å²) in [5, 5.41) is 4.58. The van der Waals surface area contributed by atoms with Crippen LogP contribution < -0.4 is 4.74 Å². The summed E-state index contributed by atoms with van der Waals surface area (Å²) in [5.74, 6) is 1.54. The van der Waals surface area contributed by atoms with Gasteiger partial charge in [0.2, 0.25) is 11.7 Å². The van der Waals surface area contributed by atoms with Crippen molar-refractivity contribution in [3.8, 4) is 17.3 Å². The molecular weight excluding hydrogens is 356 g/mol. The molecule has 26 heavy (non-hydrogen) atoms. The second kappa shape index (κ2) is 7.13. The number of benzene rings is 1. The van der Waals surface area contributed by atoms with Crippen LogP contribution in [0.3, 0.4) is 0 Å². The monoisotopic (exact) mass is 370 g/mol. The smallest absolute Gasteiger partial charge is 0.260 e. The van der Waals surface area contributed by atoms with E-state index in [0.29, 0.717) is 41.3 Å². The number of halogens is 1. The molecule has 0 aliphatic carbocycles. The van der Waals surface area contributed by atoms with Gasteiger partial charge >= 0.3 is 0 Å². The Balaban J connectivity index is 1.29. The highest BCUT2D eigenvalue weighted by molar-refractivity contribution is 6.30. The molecule has 1 saturated heterocycles. The van der Waals surface area contributed by atoms with Crippen LogP contribution in [0.15, 0.2) is 53.2 Å². The summed E-state index contributed by atoms with van der Waals surface area (Å²) in [4.78, 5) is 22.4. The Labute approximate surface area is 154 Å². The Bertz CT molecular complexity index is 892. The van der Waals surface area contributed by atoms with Crippen LogP contribution in [0, 0.1) is 0 Å². The van der Waals surface area contributed by atoms with Gasteiger partial charge in [0, 0.05) is 24.3 Å². The normalized spacial score (nSPS) is 14.1. The van der Waals surface area contributed by atoms with Crippen LogP contribution in [0.5, 0.6) is 5.75 Å². The van der Waals surface area contributed by atoms with E-state index in [9.17, 15) is 4.79 Å². The van der Waals surface area contributed by atoms with Crippen molar-refractivity contribution in [1.29, 1.82) is 0 Å². The molecule has 1 amide bonds. The van der Waals surface area contributed by atoms with Crippen LogP contribution in [0.25, 0.3) is 11.5 Å². The van der Waals surface area contributed by atoms with Crippen molar-refractivity contribution in [1.82, 2.24) is 20.0 Å². The molecule has 7 nitrogen and oxygen atoms in total. The van der Waals surface area contributed by atoms with Gasteiger partial charge in [-0.15, -0.1) is 0 Å². The first-order valence-electron chi connectivity index (χ1n) is 8.10. The van der Waals surface area contributed by atoms with Crippen LogP contribution in [0.1, 0.15) is 11.8 Å². The van der Waals surface area contributed by atoms with E-state index in [0.717, 1.165) is 0 Å². The average Bonchev–Trinajstić information content (AvgIpc) is 3.10. The molecule has 0 saturated carbocycles. The number of amides is 1. The zero-order valence-corrected chi connectivity index (χ0v) is 14.5. The molecule has 1 fully saturated rings. The lowest BCUT2D eigenvalue weighted by atomic mass is 10.0. The largest absolute Gasteiger partial charge is 0.484 e. The standard InChI is InChI=1S/C18H15ClN4O3/c19-13-4-6-14(7-5-13)25-11-16(24)23-9-12(10-23)18-21-17(22-26-18)15-3-1-2-8-20-15/h1-8,12H,9-11H2. The third kappa shape index (κ3) is 3.52. The fourth-order valence-corrected chi connectivity index (χ4v) is 2.73. The topological polar surface area (TPSA) is 81.4 Å². The highest BCUT2D eigenvalue weighted by atomic mass is 35.5. The van der Waals surface area contributed by atoms with Crippen LogP contribution in [-0.2, 0) is 4.79 Å². The van der Waals surface area contributed by atoms with E-state index in [1.54, 1.807) is 35.4 Å². The number of nitrogens with zero attached hydrogens (tertiary/aromatic N) is 4. The van der Waals surface area contributed by atoms with Crippen molar-refractivity contribution >= 4 is 17.5 Å². The molecular formula is C18H15ClN4O3. The summed E-state index contributed by atoms with van der Waals surface area (Å²) in [6.07, 6.45) is 1.68. The van der Waals surface area contributed by atoms with E-state index in [1.165, 1.54) is 0 Å². The van der Waals surface area contributed by atoms with Gasteiger partial charge in [-0.1, -0.05) is 22.8 Å². The minimum atomic E-state index is -0.0827. The molecule has 0 N–H and O–H groups in total. The molecule has 132 valence electrons. The summed E-state index contributed by atoms with van der Waals surface area (Å²) in [6.45, 7) is 1.05. The maximum Gasteiger partial charge on any atom is 0.260 e. The van der Waals surface area contributed by atoms with E-state index >= 15 is 0 Å². The second-order valence-corrected chi connectivity index (χ2v) is 6.35. The fourth-order valence-electron chi connectivity index (χ4n) is 2.61. The summed E-state index contributed by atoms with van der Waals surface area (Å²) in [5.41, 5.74) is 0.658. The van der Waals surface area contributed by atoms with Gasteiger partial charge in [0.05, 0.1) is 5.92 Å². The van der Waals surface area contributed by atoms with Crippen LogP contribution >= 0.6 is 11.6 Å². The predicted octanol–water partition coefficient (Wildman–Crippen LogP) is 2.79. The van der Waals surface area contributed by atoms with Gasteiger partial charge in [-0.3, -0.25) is 9.78 Å². The Morgan fingerprint density at radius 1 is 1.23 bits per heavy atom. The second-order valence-electron chi connectivity index (χ2n) is 5.91. The molecule has 3 heterocycles. The Morgan fingerprint density at radius 2 is 2.04 bits per heavy atom. The molecule has 0 radical (unpaired) electrons. The SMILES string of the molecule is O=C(COc1ccc(Cl)cc1)N1CC(c2nc(-c3ccccn3)no2)C1. The summed E-state index contributed by atoms with van der Waals surface area (Å²) in [6, 6.07) is 12.4. The molecule has 0 unspecified atom stereocenters. The van der Waals surface area contributed by atoms with Gasteiger partial charge in [-0.05, 0) is 36.4 Å². The third-order valence-corrected chi connectivity index (χ3v) is 4.35. The van der Waals surface area contributed by atoms with Gasteiger partial charge < -0.3 is 14.2 Å².